The molecule has 1 aliphatic heterocycles. The molecule has 3 rings (SSSR count). The van der Waals surface area contributed by atoms with Crippen molar-refractivity contribution in [3.63, 3.8) is 0 Å². The van der Waals surface area contributed by atoms with Gasteiger partial charge in [-0.15, -0.1) is 0 Å². The summed E-state index contributed by atoms with van der Waals surface area (Å²) in [6, 6.07) is 12.0. The summed E-state index contributed by atoms with van der Waals surface area (Å²) in [7, 11) is 1.30. The number of hydrogen-bond donors (Lipinski definition) is 1. The first-order valence-electron chi connectivity index (χ1n) is 10.9. The molecule has 1 amide bonds. The van der Waals surface area contributed by atoms with Gasteiger partial charge in [-0.3, -0.25) is 0 Å². The van der Waals surface area contributed by atoms with E-state index in [1.807, 2.05) is 26.8 Å². The Hall–Kier alpha value is -2.48. The van der Waals surface area contributed by atoms with Crippen LogP contribution in [0, 0.1) is 11.3 Å². The lowest BCUT2D eigenvalue weighted by Crippen LogP contribution is -2.42. The fourth-order valence-electron chi connectivity index (χ4n) is 3.87. The number of esters is 1. The van der Waals surface area contributed by atoms with E-state index in [0.29, 0.717) is 15.8 Å². The Bertz CT molecular complexity index is 1040. The monoisotopic (exact) mass is 509 g/mol. The van der Waals surface area contributed by atoms with Crippen LogP contribution in [0.15, 0.2) is 42.5 Å². The molecular weight excluding hydrogens is 481 g/mol. The molecule has 3 atom stereocenters. The van der Waals surface area contributed by atoms with Gasteiger partial charge in [-0.05, 0) is 35.2 Å². The van der Waals surface area contributed by atoms with Crippen LogP contribution in [0.25, 0.3) is 0 Å². The third-order valence-corrected chi connectivity index (χ3v) is 6.57. The molecule has 34 heavy (non-hydrogen) atoms. The molecule has 7 nitrogen and oxygen atoms in total. The topological polar surface area (TPSA) is 85.3 Å². The predicted octanol–water partition coefficient (Wildman–Crippen LogP) is 5.94. The number of ether oxygens (including phenoxy) is 3. The molecule has 1 heterocycles. The molecule has 0 radical (unpaired) electrons. The Labute approximate surface area is 209 Å². The lowest BCUT2D eigenvalue weighted by molar-refractivity contribution is -0.0815. The predicted molar refractivity (Wildman–Crippen MR) is 130 cm³/mol. The number of carboxylic acid groups (broad SMARTS) is 1. The number of para-hydroxylation sites is 1. The highest BCUT2D eigenvalue weighted by molar-refractivity contribution is 6.42. The normalized spacial score (nSPS) is 21.0. The molecule has 0 saturated carbocycles. The van der Waals surface area contributed by atoms with Crippen molar-refractivity contribution < 1.29 is 28.9 Å². The van der Waals surface area contributed by atoms with Crippen LogP contribution in [-0.4, -0.2) is 55.0 Å². The maximum Gasteiger partial charge on any atom is 0.407 e. The fourth-order valence-corrected chi connectivity index (χ4v) is 4.17. The average molecular weight is 510 g/mol. The second-order valence-electron chi connectivity index (χ2n) is 9.33. The number of amides is 1. The van der Waals surface area contributed by atoms with Crippen molar-refractivity contribution in [2.24, 2.45) is 11.3 Å². The van der Waals surface area contributed by atoms with Gasteiger partial charge in [-0.2, -0.15) is 0 Å². The van der Waals surface area contributed by atoms with Crippen molar-refractivity contribution in [2.45, 2.75) is 33.0 Å². The molecule has 0 aliphatic carbocycles. The van der Waals surface area contributed by atoms with Gasteiger partial charge in [-0.1, -0.05) is 62.2 Å². The quantitative estimate of drug-likeness (QED) is 0.501. The molecule has 1 unspecified atom stereocenters. The van der Waals surface area contributed by atoms with Gasteiger partial charge in [0.25, 0.3) is 0 Å². The number of methoxy groups -OCH3 is 1. The lowest BCUT2D eigenvalue weighted by atomic mass is 9.88. The van der Waals surface area contributed by atoms with E-state index in [2.05, 4.69) is 0 Å². The van der Waals surface area contributed by atoms with Crippen LogP contribution < -0.4 is 4.74 Å². The first-order valence-corrected chi connectivity index (χ1v) is 11.6. The molecule has 1 saturated heterocycles. The van der Waals surface area contributed by atoms with E-state index >= 15 is 0 Å². The molecule has 1 N–H and O–H groups in total. The maximum absolute atomic E-state index is 12.2. The second-order valence-corrected chi connectivity index (χ2v) is 10.1. The molecule has 0 bridgehead atoms. The standard InChI is InChI=1S/C25H29Cl2NO6/c1-25(2,3)21-13-28(24(30)31)12-16(22(34-21)15-9-10-18(26)19(27)11-15)14-33-20-8-6-5-7-17(20)23(29)32-4/h5-11,16,21-22H,12-14H2,1-4H3,(H,30,31)/t16-,21?,22+/m1/s1. The van der Waals surface area contributed by atoms with Crippen LogP contribution >= 0.6 is 23.2 Å². The van der Waals surface area contributed by atoms with Crippen LogP contribution in [0.3, 0.4) is 0 Å². The highest BCUT2D eigenvalue weighted by atomic mass is 35.5. The Kier molecular flexibility index (Phi) is 8.34. The molecule has 2 aromatic rings. The highest BCUT2D eigenvalue weighted by Gasteiger charge is 2.40. The first kappa shape index (κ1) is 26.1. The van der Waals surface area contributed by atoms with E-state index in [-0.39, 0.29) is 36.8 Å². The minimum Gasteiger partial charge on any atom is -0.492 e. The van der Waals surface area contributed by atoms with Crippen molar-refractivity contribution in [3.05, 3.63) is 63.6 Å². The number of carbonyl (C=O) groups is 2. The second kappa shape index (κ2) is 10.8. The number of benzene rings is 2. The summed E-state index contributed by atoms with van der Waals surface area (Å²) in [5.41, 5.74) is 0.731. The molecule has 0 aromatic heterocycles. The largest absolute Gasteiger partial charge is 0.492 e. The highest BCUT2D eigenvalue weighted by Crippen LogP contribution is 2.39. The Morgan fingerprint density at radius 3 is 2.44 bits per heavy atom. The van der Waals surface area contributed by atoms with Crippen LogP contribution in [0.2, 0.25) is 10.0 Å². The zero-order chi connectivity index (χ0) is 25.0. The van der Waals surface area contributed by atoms with Crippen LogP contribution in [0.5, 0.6) is 5.75 Å². The SMILES string of the molecule is COC(=O)c1ccccc1OC[C@H]1CN(C(=O)O)CC(C(C)(C)C)O[C@H]1c1ccc(Cl)c(Cl)c1. The van der Waals surface area contributed by atoms with Crippen molar-refractivity contribution in [3.8, 4) is 5.75 Å². The minimum absolute atomic E-state index is 0.0968. The van der Waals surface area contributed by atoms with E-state index in [4.69, 9.17) is 37.4 Å². The van der Waals surface area contributed by atoms with Gasteiger partial charge in [0.15, 0.2) is 0 Å². The summed E-state index contributed by atoms with van der Waals surface area (Å²) in [6.07, 6.45) is -1.93. The number of nitrogens with zero attached hydrogens (tertiary/aromatic N) is 1. The van der Waals surface area contributed by atoms with Gasteiger partial charge in [0.05, 0.1) is 42.5 Å². The summed E-state index contributed by atoms with van der Waals surface area (Å²) in [5.74, 6) is -0.569. The number of carbonyl (C=O) groups excluding carboxylic acids is 1. The van der Waals surface area contributed by atoms with Crippen molar-refractivity contribution in [1.82, 2.24) is 4.90 Å². The molecule has 184 valence electrons. The smallest absolute Gasteiger partial charge is 0.407 e. The molecule has 1 fully saturated rings. The number of rotatable bonds is 5. The van der Waals surface area contributed by atoms with E-state index in [1.54, 1.807) is 36.4 Å². The van der Waals surface area contributed by atoms with Gasteiger partial charge < -0.3 is 24.2 Å². The maximum atomic E-state index is 12.2. The Morgan fingerprint density at radius 1 is 1.12 bits per heavy atom. The van der Waals surface area contributed by atoms with Gasteiger partial charge in [0, 0.05) is 12.5 Å². The number of hydrogen-bond acceptors (Lipinski definition) is 5. The molecule has 9 heteroatoms. The summed E-state index contributed by atoms with van der Waals surface area (Å²) >= 11 is 12.4. The summed E-state index contributed by atoms with van der Waals surface area (Å²) < 4.78 is 17.5. The van der Waals surface area contributed by atoms with E-state index in [1.165, 1.54) is 12.0 Å². The zero-order valence-electron chi connectivity index (χ0n) is 19.6. The summed E-state index contributed by atoms with van der Waals surface area (Å²) in [5, 5.41) is 10.7. The Balaban J connectivity index is 1.98. The molecule has 1 aliphatic rings. The lowest BCUT2D eigenvalue weighted by Gasteiger charge is -2.34. The molecule has 2 aromatic carbocycles. The van der Waals surface area contributed by atoms with Crippen molar-refractivity contribution in [2.75, 3.05) is 26.8 Å². The van der Waals surface area contributed by atoms with Crippen LogP contribution in [-0.2, 0) is 9.47 Å². The van der Waals surface area contributed by atoms with E-state index < -0.39 is 24.1 Å². The van der Waals surface area contributed by atoms with Gasteiger partial charge in [-0.25, -0.2) is 9.59 Å². The minimum atomic E-state index is -1.03. The fraction of sp³-hybridized carbons (Fsp3) is 0.440. The van der Waals surface area contributed by atoms with Crippen molar-refractivity contribution in [1.29, 1.82) is 0 Å². The average Bonchev–Trinajstić information content (AvgIpc) is 2.99. The van der Waals surface area contributed by atoms with E-state index in [9.17, 15) is 14.7 Å². The third-order valence-electron chi connectivity index (χ3n) is 5.83. The van der Waals surface area contributed by atoms with Gasteiger partial charge >= 0.3 is 12.1 Å². The molecular formula is C25H29Cl2NO6. The van der Waals surface area contributed by atoms with Gasteiger partial charge in [0.2, 0.25) is 0 Å². The zero-order valence-corrected chi connectivity index (χ0v) is 21.1. The first-order chi connectivity index (χ1) is 16.0. The molecule has 0 spiro atoms. The summed E-state index contributed by atoms with van der Waals surface area (Å²) in [4.78, 5) is 25.6. The van der Waals surface area contributed by atoms with Crippen molar-refractivity contribution >= 4 is 35.3 Å². The van der Waals surface area contributed by atoms with Gasteiger partial charge in [0.1, 0.15) is 11.3 Å². The van der Waals surface area contributed by atoms with Crippen LogP contribution in [0.4, 0.5) is 4.79 Å². The number of halogens is 2. The van der Waals surface area contributed by atoms with E-state index in [0.717, 1.165) is 5.56 Å². The summed E-state index contributed by atoms with van der Waals surface area (Å²) in [6.45, 7) is 6.51. The third kappa shape index (κ3) is 6.14. The Morgan fingerprint density at radius 2 is 1.82 bits per heavy atom. The van der Waals surface area contributed by atoms with Crippen LogP contribution in [0.1, 0.15) is 42.8 Å².